The molecule has 0 radical (unpaired) electrons. The molecule has 12 nitrogen and oxygen atoms in total. The topological polar surface area (TPSA) is 146 Å². The highest BCUT2D eigenvalue weighted by atomic mass is 19.1. The monoisotopic (exact) mass is 483 g/mol. The van der Waals surface area contributed by atoms with Crippen LogP contribution in [0.4, 0.5) is 20.6 Å². The van der Waals surface area contributed by atoms with Gasteiger partial charge in [0.15, 0.2) is 5.69 Å². The zero-order valence-corrected chi connectivity index (χ0v) is 18.2. The van der Waals surface area contributed by atoms with Crippen molar-refractivity contribution in [1.82, 2.24) is 14.9 Å². The van der Waals surface area contributed by atoms with E-state index in [9.17, 15) is 28.9 Å². The molecular formula is C22H18FN5O7. The minimum Gasteiger partial charge on any atom is -0.447 e. The number of nitrogens with one attached hydrogen (secondary N) is 1. The molecule has 1 fully saturated rings. The number of carbonyl (C=O) groups is 3. The SMILES string of the molecule is CC(=O)NCC1COC(=O)N1c1ccc(-n2cnc(C(=O)Oc3ccc([N+](=O)[O-])cc3)c2)c(F)c1. The normalized spacial score (nSPS) is 15.0. The van der Waals surface area contributed by atoms with Gasteiger partial charge in [-0.2, -0.15) is 0 Å². The quantitative estimate of drug-likeness (QED) is 0.234. The third-order valence-electron chi connectivity index (χ3n) is 5.09. The number of carbonyl (C=O) groups excluding carboxylic acids is 3. The highest BCUT2D eigenvalue weighted by molar-refractivity contribution is 5.91. The number of aromatic nitrogens is 2. The number of halogens is 1. The zero-order valence-electron chi connectivity index (χ0n) is 18.2. The summed E-state index contributed by atoms with van der Waals surface area (Å²) in [7, 11) is 0. The lowest BCUT2D eigenvalue weighted by molar-refractivity contribution is -0.384. The Morgan fingerprint density at radius 3 is 2.69 bits per heavy atom. The number of imidazole rings is 1. The molecule has 1 unspecified atom stereocenters. The van der Waals surface area contributed by atoms with Crippen LogP contribution < -0.4 is 15.0 Å². The lowest BCUT2D eigenvalue weighted by Gasteiger charge is -2.22. The number of anilines is 1. The fraction of sp³-hybridized carbons (Fsp3) is 0.182. The first-order chi connectivity index (χ1) is 16.7. The predicted octanol–water partition coefficient (Wildman–Crippen LogP) is 2.60. The van der Waals surface area contributed by atoms with Gasteiger partial charge in [-0.05, 0) is 30.3 Å². The Labute approximate surface area is 197 Å². The number of rotatable bonds is 7. The average molecular weight is 483 g/mol. The minimum atomic E-state index is -0.838. The van der Waals surface area contributed by atoms with Crippen molar-refractivity contribution in [2.75, 3.05) is 18.1 Å². The number of cyclic esters (lactones) is 1. The van der Waals surface area contributed by atoms with E-state index >= 15 is 0 Å². The molecule has 3 aromatic rings. The molecule has 13 heteroatoms. The number of non-ortho nitro benzene ring substituents is 1. The number of hydrogen-bond donors (Lipinski definition) is 1. The van der Waals surface area contributed by atoms with E-state index in [1.165, 1.54) is 65.3 Å². The molecule has 2 aromatic carbocycles. The van der Waals surface area contributed by atoms with Crippen LogP contribution in [0.3, 0.4) is 0 Å². The van der Waals surface area contributed by atoms with Gasteiger partial charge in [-0.1, -0.05) is 0 Å². The minimum absolute atomic E-state index is 0.0459. The summed E-state index contributed by atoms with van der Waals surface area (Å²) in [4.78, 5) is 51.0. The van der Waals surface area contributed by atoms with Crippen LogP contribution in [-0.4, -0.2) is 51.6 Å². The van der Waals surface area contributed by atoms with Gasteiger partial charge in [-0.3, -0.25) is 19.8 Å². The summed E-state index contributed by atoms with van der Waals surface area (Å²) in [6, 6.07) is 8.47. The van der Waals surface area contributed by atoms with Gasteiger partial charge in [0.2, 0.25) is 5.91 Å². The largest absolute Gasteiger partial charge is 0.447 e. The average Bonchev–Trinajstić information content (AvgIpc) is 3.45. The molecule has 35 heavy (non-hydrogen) atoms. The second kappa shape index (κ2) is 9.59. The van der Waals surface area contributed by atoms with Crippen molar-refractivity contribution in [3.8, 4) is 11.4 Å². The first-order valence-corrected chi connectivity index (χ1v) is 10.2. The summed E-state index contributed by atoms with van der Waals surface area (Å²) in [5.41, 5.74) is 0.0191. The second-order valence-electron chi connectivity index (χ2n) is 7.48. The number of nitrogens with zero attached hydrogens (tertiary/aromatic N) is 4. The number of amides is 2. The number of ether oxygens (including phenoxy) is 2. The molecule has 1 N–H and O–H groups in total. The van der Waals surface area contributed by atoms with Gasteiger partial charge in [-0.25, -0.2) is 19.0 Å². The zero-order chi connectivity index (χ0) is 25.1. The number of esters is 1. The highest BCUT2D eigenvalue weighted by Gasteiger charge is 2.34. The first kappa shape index (κ1) is 23.4. The summed E-state index contributed by atoms with van der Waals surface area (Å²) in [5, 5.41) is 13.3. The first-order valence-electron chi connectivity index (χ1n) is 10.2. The third kappa shape index (κ3) is 5.08. The molecule has 4 rings (SSSR count). The lowest BCUT2D eigenvalue weighted by atomic mass is 10.2. The van der Waals surface area contributed by atoms with Crippen LogP contribution in [0.25, 0.3) is 5.69 Å². The number of nitro benzene ring substituents is 1. The number of nitro groups is 1. The predicted molar refractivity (Wildman–Crippen MR) is 118 cm³/mol. The van der Waals surface area contributed by atoms with E-state index in [2.05, 4.69) is 10.3 Å². The second-order valence-corrected chi connectivity index (χ2v) is 7.48. The third-order valence-corrected chi connectivity index (χ3v) is 5.09. The van der Waals surface area contributed by atoms with Gasteiger partial charge in [0.25, 0.3) is 5.69 Å². The van der Waals surface area contributed by atoms with E-state index in [-0.39, 0.29) is 47.6 Å². The number of benzene rings is 2. The van der Waals surface area contributed by atoms with Crippen LogP contribution >= 0.6 is 0 Å². The Morgan fingerprint density at radius 1 is 1.29 bits per heavy atom. The Morgan fingerprint density at radius 2 is 2.03 bits per heavy atom. The molecule has 1 aliphatic heterocycles. The van der Waals surface area contributed by atoms with Gasteiger partial charge in [0.05, 0.1) is 22.3 Å². The van der Waals surface area contributed by atoms with Crippen molar-refractivity contribution in [3.05, 3.63) is 76.6 Å². The molecule has 2 heterocycles. The van der Waals surface area contributed by atoms with E-state index in [0.29, 0.717) is 0 Å². The lowest BCUT2D eigenvalue weighted by Crippen LogP contribution is -2.42. The molecular weight excluding hydrogens is 465 g/mol. The van der Waals surface area contributed by atoms with Crippen LogP contribution in [-0.2, 0) is 9.53 Å². The molecule has 0 bridgehead atoms. The van der Waals surface area contributed by atoms with E-state index in [1.807, 2.05) is 0 Å². The van der Waals surface area contributed by atoms with Crippen molar-refractivity contribution in [2.45, 2.75) is 13.0 Å². The standard InChI is InChI=1S/C22H18FN5O7/c1-13(29)24-9-16-11-34-22(31)27(16)15-4-7-20(18(23)8-15)26-10-19(25-12-26)21(30)35-17-5-2-14(3-6-17)28(32)33/h2-8,10,12,16H,9,11H2,1H3,(H,24,29). The van der Waals surface area contributed by atoms with Gasteiger partial charge < -0.3 is 19.4 Å². The summed E-state index contributed by atoms with van der Waals surface area (Å²) in [6.07, 6.45) is 1.82. The van der Waals surface area contributed by atoms with Crippen molar-refractivity contribution < 1.29 is 33.2 Å². The van der Waals surface area contributed by atoms with E-state index in [1.54, 1.807) is 0 Å². The van der Waals surface area contributed by atoms with Crippen molar-refractivity contribution >= 4 is 29.3 Å². The molecule has 1 aromatic heterocycles. The summed E-state index contributed by atoms with van der Waals surface area (Å²) >= 11 is 0. The summed E-state index contributed by atoms with van der Waals surface area (Å²) < 4.78 is 26.4. The summed E-state index contributed by atoms with van der Waals surface area (Å²) in [6.45, 7) is 1.54. The molecule has 180 valence electrons. The molecule has 0 aliphatic carbocycles. The van der Waals surface area contributed by atoms with E-state index < -0.39 is 28.8 Å². The Kier molecular flexibility index (Phi) is 6.40. The maximum atomic E-state index is 14.9. The molecule has 1 aliphatic rings. The van der Waals surface area contributed by atoms with Crippen LogP contribution in [0.1, 0.15) is 17.4 Å². The van der Waals surface area contributed by atoms with E-state index in [4.69, 9.17) is 9.47 Å². The van der Waals surface area contributed by atoms with Crippen molar-refractivity contribution in [3.63, 3.8) is 0 Å². The van der Waals surface area contributed by atoms with Gasteiger partial charge in [0.1, 0.15) is 24.5 Å². The molecule has 1 atom stereocenters. The number of hydrogen-bond acceptors (Lipinski definition) is 8. The maximum Gasteiger partial charge on any atom is 0.414 e. The van der Waals surface area contributed by atoms with Gasteiger partial charge in [-0.15, -0.1) is 0 Å². The van der Waals surface area contributed by atoms with Gasteiger partial charge in [0, 0.05) is 31.8 Å². The maximum absolute atomic E-state index is 14.9. The fourth-order valence-corrected chi connectivity index (χ4v) is 3.40. The molecule has 1 saturated heterocycles. The Hall–Kier alpha value is -4.81. The van der Waals surface area contributed by atoms with E-state index in [0.717, 1.165) is 6.07 Å². The smallest absolute Gasteiger partial charge is 0.414 e. The van der Waals surface area contributed by atoms with Crippen molar-refractivity contribution in [1.29, 1.82) is 0 Å². The molecule has 0 saturated carbocycles. The Bertz CT molecular complexity index is 1310. The van der Waals surface area contributed by atoms with Crippen LogP contribution in [0.5, 0.6) is 5.75 Å². The van der Waals surface area contributed by atoms with Crippen LogP contribution in [0, 0.1) is 15.9 Å². The molecule has 2 amide bonds. The van der Waals surface area contributed by atoms with Crippen LogP contribution in [0.2, 0.25) is 0 Å². The molecule has 0 spiro atoms. The highest BCUT2D eigenvalue weighted by Crippen LogP contribution is 2.27. The van der Waals surface area contributed by atoms with Crippen molar-refractivity contribution in [2.24, 2.45) is 0 Å². The Balaban J connectivity index is 1.49. The summed E-state index contributed by atoms with van der Waals surface area (Å²) in [5.74, 6) is -1.73. The van der Waals surface area contributed by atoms with Crippen LogP contribution in [0.15, 0.2) is 55.0 Å². The fourth-order valence-electron chi connectivity index (χ4n) is 3.40. The van der Waals surface area contributed by atoms with Gasteiger partial charge >= 0.3 is 12.1 Å².